The molecule has 7 heteroatoms. The third kappa shape index (κ3) is 2.29. The summed E-state index contributed by atoms with van der Waals surface area (Å²) in [5, 5.41) is 8.98. The highest BCUT2D eigenvalue weighted by molar-refractivity contribution is 5.77. The highest BCUT2D eigenvalue weighted by atomic mass is 16.5. The molecule has 4 rings (SSSR count). The lowest BCUT2D eigenvalue weighted by Crippen LogP contribution is -2.06. The van der Waals surface area contributed by atoms with E-state index in [9.17, 15) is 4.79 Å². The first-order valence-electron chi connectivity index (χ1n) is 7.88. The molecule has 1 aliphatic rings. The van der Waals surface area contributed by atoms with Gasteiger partial charge in [-0.15, -0.1) is 0 Å². The Kier molecular flexibility index (Phi) is 3.41. The van der Waals surface area contributed by atoms with Crippen LogP contribution in [0.15, 0.2) is 30.6 Å². The van der Waals surface area contributed by atoms with Crippen LogP contribution in [0, 0.1) is 0 Å². The van der Waals surface area contributed by atoms with E-state index < -0.39 is 0 Å². The van der Waals surface area contributed by atoms with Crippen LogP contribution in [0.5, 0.6) is 5.75 Å². The number of aromatic nitrogens is 5. The van der Waals surface area contributed by atoms with Crippen molar-refractivity contribution < 1.29 is 9.53 Å². The van der Waals surface area contributed by atoms with Gasteiger partial charge in [0.15, 0.2) is 5.82 Å². The van der Waals surface area contributed by atoms with Crippen LogP contribution in [-0.4, -0.2) is 37.4 Å². The molecule has 122 valence electrons. The number of nitrogens with zero attached hydrogens (tertiary/aromatic N) is 5. The molecule has 0 bridgehead atoms. The van der Waals surface area contributed by atoms with Crippen molar-refractivity contribution in [3.63, 3.8) is 0 Å². The molecule has 1 aliphatic heterocycles. The van der Waals surface area contributed by atoms with Gasteiger partial charge in [-0.05, 0) is 38.1 Å². The van der Waals surface area contributed by atoms with Gasteiger partial charge in [-0.25, -0.2) is 14.3 Å². The number of hydrogen-bond donors (Lipinski definition) is 0. The number of rotatable bonds is 3. The zero-order chi connectivity index (χ0) is 16.7. The molecule has 7 nitrogen and oxygen atoms in total. The number of benzene rings is 1. The van der Waals surface area contributed by atoms with Gasteiger partial charge in [-0.3, -0.25) is 4.79 Å². The molecule has 0 amide bonds. The fraction of sp³-hybridized carbons (Fsp3) is 0.294. The molecule has 0 radical (unpaired) electrons. The molecule has 1 aromatic carbocycles. The minimum Gasteiger partial charge on any atom is -0.491 e. The molecule has 0 saturated heterocycles. The number of carbonyl (C=O) groups excluding carboxylic acids is 1. The second-order valence-corrected chi connectivity index (χ2v) is 6.00. The van der Waals surface area contributed by atoms with E-state index in [1.54, 1.807) is 18.5 Å². The van der Waals surface area contributed by atoms with Crippen LogP contribution in [0.25, 0.3) is 17.2 Å². The average molecular weight is 323 g/mol. The number of fused-ring (bicyclic) bond motifs is 3. The summed E-state index contributed by atoms with van der Waals surface area (Å²) in [5.74, 6) is 1.46. The summed E-state index contributed by atoms with van der Waals surface area (Å²) in [6.45, 7) is 4.67. The summed E-state index contributed by atoms with van der Waals surface area (Å²) in [6.07, 6.45) is 3.10. The van der Waals surface area contributed by atoms with Crippen LogP contribution < -0.4 is 4.74 Å². The molecule has 0 atom stereocenters. The first-order valence-corrected chi connectivity index (χ1v) is 7.88. The maximum atomic E-state index is 11.1. The average Bonchev–Trinajstić information content (AvgIpc) is 3.19. The molecule has 2 aromatic heterocycles. The largest absolute Gasteiger partial charge is 0.491 e. The smallest absolute Gasteiger partial charge is 0.178 e. The number of aldehydes is 1. The van der Waals surface area contributed by atoms with E-state index >= 15 is 0 Å². The summed E-state index contributed by atoms with van der Waals surface area (Å²) in [5.41, 5.74) is 3.15. The Morgan fingerprint density at radius 1 is 1.29 bits per heavy atom. The fourth-order valence-corrected chi connectivity index (χ4v) is 2.89. The van der Waals surface area contributed by atoms with Crippen LogP contribution in [0.1, 0.15) is 35.9 Å². The Morgan fingerprint density at radius 3 is 2.96 bits per heavy atom. The lowest BCUT2D eigenvalue weighted by Gasteiger charge is -2.09. The molecule has 0 saturated carbocycles. The lowest BCUT2D eigenvalue weighted by molar-refractivity contribution is 0.112. The van der Waals surface area contributed by atoms with Crippen molar-refractivity contribution >= 4 is 6.29 Å². The van der Waals surface area contributed by atoms with E-state index in [0.29, 0.717) is 12.2 Å². The van der Waals surface area contributed by atoms with Crippen LogP contribution in [0.3, 0.4) is 0 Å². The molecular weight excluding hydrogens is 306 g/mol. The maximum Gasteiger partial charge on any atom is 0.178 e. The predicted octanol–water partition coefficient (Wildman–Crippen LogP) is 2.46. The van der Waals surface area contributed by atoms with Gasteiger partial charge in [0, 0.05) is 23.7 Å². The predicted molar refractivity (Wildman–Crippen MR) is 87.6 cm³/mol. The first kappa shape index (κ1) is 14.6. The second-order valence-electron chi connectivity index (χ2n) is 6.00. The lowest BCUT2D eigenvalue weighted by atomic mass is 10.2. The topological polar surface area (TPSA) is 74.8 Å². The minimum absolute atomic E-state index is 0.196. The van der Waals surface area contributed by atoms with E-state index in [-0.39, 0.29) is 6.04 Å². The van der Waals surface area contributed by atoms with Crippen LogP contribution in [0.2, 0.25) is 0 Å². The van der Waals surface area contributed by atoms with Crippen LogP contribution in [-0.2, 0) is 6.42 Å². The quantitative estimate of drug-likeness (QED) is 0.692. The minimum atomic E-state index is 0.196. The first-order chi connectivity index (χ1) is 11.7. The van der Waals surface area contributed by atoms with Gasteiger partial charge in [0.1, 0.15) is 29.7 Å². The van der Waals surface area contributed by atoms with Crippen molar-refractivity contribution in [2.75, 3.05) is 6.61 Å². The Bertz CT molecular complexity index is 910. The zero-order valence-corrected chi connectivity index (χ0v) is 13.5. The third-order valence-corrected chi connectivity index (χ3v) is 4.04. The van der Waals surface area contributed by atoms with Crippen molar-refractivity contribution in [1.29, 1.82) is 0 Å². The Hall–Kier alpha value is -2.96. The molecule has 0 aliphatic carbocycles. The SMILES string of the molecule is CC(C)n1ncnc1-c1cc2n(n1)-c1cc(C=O)ccc1OCC2. The third-order valence-electron chi connectivity index (χ3n) is 4.04. The number of ether oxygens (including phenoxy) is 1. The highest BCUT2D eigenvalue weighted by Crippen LogP contribution is 2.30. The molecular formula is C17H17N5O2. The summed E-state index contributed by atoms with van der Waals surface area (Å²) < 4.78 is 9.46. The fourth-order valence-electron chi connectivity index (χ4n) is 2.89. The zero-order valence-electron chi connectivity index (χ0n) is 13.5. The highest BCUT2D eigenvalue weighted by Gasteiger charge is 2.21. The molecule has 0 N–H and O–H groups in total. The molecule has 3 heterocycles. The summed E-state index contributed by atoms with van der Waals surface area (Å²) >= 11 is 0. The van der Waals surface area contributed by atoms with Gasteiger partial charge in [0.2, 0.25) is 0 Å². The standard InChI is InChI=1S/C17H17N5O2/c1-11(2)21-17(18-10-19-21)14-8-13-5-6-24-16-4-3-12(9-23)7-15(16)22(13)20-14/h3-4,7-11H,5-6H2,1-2H3. The van der Waals surface area contributed by atoms with Gasteiger partial charge in [0.05, 0.1) is 6.61 Å². The van der Waals surface area contributed by atoms with Gasteiger partial charge in [-0.2, -0.15) is 10.2 Å². The second kappa shape index (κ2) is 5.59. The van der Waals surface area contributed by atoms with E-state index in [1.165, 1.54) is 0 Å². The molecule has 0 fully saturated rings. The van der Waals surface area contributed by atoms with E-state index in [4.69, 9.17) is 9.84 Å². The Morgan fingerprint density at radius 2 is 2.17 bits per heavy atom. The van der Waals surface area contributed by atoms with E-state index in [0.717, 1.165) is 41.4 Å². The summed E-state index contributed by atoms with van der Waals surface area (Å²) in [4.78, 5) is 15.5. The monoisotopic (exact) mass is 323 g/mol. The van der Waals surface area contributed by atoms with E-state index in [2.05, 4.69) is 23.9 Å². The van der Waals surface area contributed by atoms with Crippen molar-refractivity contribution in [3.8, 4) is 23.0 Å². The summed E-state index contributed by atoms with van der Waals surface area (Å²) in [7, 11) is 0. The van der Waals surface area contributed by atoms with Crippen LogP contribution in [0.4, 0.5) is 0 Å². The van der Waals surface area contributed by atoms with Crippen molar-refractivity contribution in [2.24, 2.45) is 0 Å². The Labute approximate surface area is 138 Å². The molecule has 3 aromatic rings. The van der Waals surface area contributed by atoms with Gasteiger partial charge in [0.25, 0.3) is 0 Å². The number of hydrogen-bond acceptors (Lipinski definition) is 5. The van der Waals surface area contributed by atoms with E-state index in [1.807, 2.05) is 21.5 Å². The van der Waals surface area contributed by atoms with Crippen LogP contribution >= 0.6 is 0 Å². The van der Waals surface area contributed by atoms with Gasteiger partial charge < -0.3 is 4.74 Å². The summed E-state index contributed by atoms with van der Waals surface area (Å²) in [6, 6.07) is 7.56. The molecule has 0 spiro atoms. The normalized spacial score (nSPS) is 13.1. The Balaban J connectivity index is 1.87. The maximum absolute atomic E-state index is 11.1. The van der Waals surface area contributed by atoms with Gasteiger partial charge >= 0.3 is 0 Å². The van der Waals surface area contributed by atoms with Crippen molar-refractivity contribution in [2.45, 2.75) is 26.3 Å². The van der Waals surface area contributed by atoms with Crippen molar-refractivity contribution in [3.05, 3.63) is 41.9 Å². The number of carbonyl (C=O) groups is 1. The van der Waals surface area contributed by atoms with Gasteiger partial charge in [-0.1, -0.05) is 0 Å². The molecule has 24 heavy (non-hydrogen) atoms. The van der Waals surface area contributed by atoms with Crippen molar-refractivity contribution in [1.82, 2.24) is 24.5 Å². The molecule has 0 unspecified atom stereocenters.